The first-order chi connectivity index (χ1) is 8.60. The molecular weight excluding hydrogens is 357 g/mol. The normalized spacial score (nSPS) is 12.7. The molecule has 0 saturated carbocycles. The molecular formula is C11H10BrCl2N3S. The molecule has 0 aliphatic rings. The van der Waals surface area contributed by atoms with Crippen LogP contribution in [-0.4, -0.2) is 4.98 Å². The van der Waals surface area contributed by atoms with Crippen LogP contribution < -0.4 is 11.3 Å². The van der Waals surface area contributed by atoms with E-state index in [4.69, 9.17) is 29.0 Å². The highest BCUT2D eigenvalue weighted by Crippen LogP contribution is 2.28. The average molecular weight is 367 g/mol. The number of halogens is 3. The Labute approximate surface area is 127 Å². The van der Waals surface area contributed by atoms with Crippen LogP contribution in [0.15, 0.2) is 28.2 Å². The highest BCUT2D eigenvalue weighted by atomic mass is 79.9. The summed E-state index contributed by atoms with van der Waals surface area (Å²) in [5.41, 5.74) is 3.44. The van der Waals surface area contributed by atoms with Gasteiger partial charge in [-0.2, -0.15) is 0 Å². The predicted molar refractivity (Wildman–Crippen MR) is 80.0 cm³/mol. The highest BCUT2D eigenvalue weighted by Gasteiger charge is 2.16. The van der Waals surface area contributed by atoms with Gasteiger partial charge in [-0.25, -0.2) is 0 Å². The van der Waals surface area contributed by atoms with Crippen molar-refractivity contribution in [2.24, 2.45) is 5.84 Å². The molecule has 7 heteroatoms. The Morgan fingerprint density at radius 1 is 1.44 bits per heavy atom. The summed E-state index contributed by atoms with van der Waals surface area (Å²) in [4.78, 5) is 5.43. The van der Waals surface area contributed by atoms with Crippen molar-refractivity contribution in [3.63, 3.8) is 0 Å². The number of aromatic nitrogens is 1. The number of hydrazine groups is 1. The van der Waals surface area contributed by atoms with Gasteiger partial charge in [0.05, 0.1) is 21.8 Å². The molecule has 96 valence electrons. The summed E-state index contributed by atoms with van der Waals surface area (Å²) in [6.07, 6.45) is 2.29. The van der Waals surface area contributed by atoms with E-state index in [0.29, 0.717) is 15.7 Å². The summed E-state index contributed by atoms with van der Waals surface area (Å²) in [7, 11) is 0. The van der Waals surface area contributed by atoms with Crippen molar-refractivity contribution < 1.29 is 0 Å². The molecule has 0 saturated heterocycles. The zero-order valence-electron chi connectivity index (χ0n) is 9.16. The van der Waals surface area contributed by atoms with E-state index in [0.717, 1.165) is 10.9 Å². The first kappa shape index (κ1) is 14.2. The molecule has 2 heterocycles. The lowest BCUT2D eigenvalue weighted by Gasteiger charge is -2.15. The summed E-state index contributed by atoms with van der Waals surface area (Å²) >= 11 is 17.0. The van der Waals surface area contributed by atoms with E-state index < -0.39 is 0 Å². The first-order valence-electron chi connectivity index (χ1n) is 5.10. The molecule has 1 unspecified atom stereocenters. The maximum Gasteiger partial charge on any atom is 0.0777 e. The van der Waals surface area contributed by atoms with Crippen LogP contribution in [0.1, 0.15) is 16.6 Å². The van der Waals surface area contributed by atoms with E-state index >= 15 is 0 Å². The van der Waals surface area contributed by atoms with Gasteiger partial charge < -0.3 is 0 Å². The molecule has 0 aliphatic carbocycles. The smallest absolute Gasteiger partial charge is 0.0777 e. The van der Waals surface area contributed by atoms with Gasteiger partial charge >= 0.3 is 0 Å². The summed E-state index contributed by atoms with van der Waals surface area (Å²) in [6, 6.07) is 3.58. The Kier molecular flexibility index (Phi) is 5.00. The van der Waals surface area contributed by atoms with Crippen molar-refractivity contribution >= 4 is 50.5 Å². The van der Waals surface area contributed by atoms with E-state index in [1.807, 2.05) is 5.38 Å². The lowest BCUT2D eigenvalue weighted by atomic mass is 10.1. The minimum Gasteiger partial charge on any atom is -0.271 e. The minimum absolute atomic E-state index is 0.139. The Bertz CT molecular complexity index is 547. The van der Waals surface area contributed by atoms with Crippen molar-refractivity contribution in [2.45, 2.75) is 12.5 Å². The standard InChI is InChI=1S/C11H10BrCl2N3S/c12-6-1-8(18-5-6)3-10(17-15)11-9(14)2-7(13)4-16-11/h1-2,4-5,10,17H,3,15H2. The Morgan fingerprint density at radius 3 is 2.78 bits per heavy atom. The largest absolute Gasteiger partial charge is 0.271 e. The van der Waals surface area contributed by atoms with Crippen molar-refractivity contribution in [3.05, 3.63) is 48.8 Å². The summed E-state index contributed by atoms with van der Waals surface area (Å²) in [6.45, 7) is 0. The number of nitrogens with zero attached hydrogens (tertiary/aromatic N) is 1. The van der Waals surface area contributed by atoms with Crippen LogP contribution >= 0.6 is 50.5 Å². The van der Waals surface area contributed by atoms with Crippen molar-refractivity contribution in [2.75, 3.05) is 0 Å². The topological polar surface area (TPSA) is 50.9 Å². The maximum absolute atomic E-state index is 6.13. The number of pyridine rings is 1. The van der Waals surface area contributed by atoms with Gasteiger partial charge in [0, 0.05) is 27.3 Å². The van der Waals surface area contributed by atoms with E-state index in [1.165, 1.54) is 4.88 Å². The van der Waals surface area contributed by atoms with Gasteiger partial charge in [0.15, 0.2) is 0 Å². The molecule has 0 fully saturated rings. The second-order valence-corrected chi connectivity index (χ2v) is 6.43. The van der Waals surface area contributed by atoms with E-state index in [1.54, 1.807) is 23.6 Å². The van der Waals surface area contributed by atoms with Crippen molar-refractivity contribution in [1.82, 2.24) is 10.4 Å². The summed E-state index contributed by atoms with van der Waals surface area (Å²) < 4.78 is 1.06. The third-order valence-electron chi connectivity index (χ3n) is 2.39. The second kappa shape index (κ2) is 6.32. The lowest BCUT2D eigenvalue weighted by molar-refractivity contribution is 0.542. The van der Waals surface area contributed by atoms with Crippen LogP contribution in [-0.2, 0) is 6.42 Å². The van der Waals surface area contributed by atoms with Gasteiger partial charge in [0.25, 0.3) is 0 Å². The zero-order valence-corrected chi connectivity index (χ0v) is 13.1. The molecule has 2 aromatic heterocycles. The highest BCUT2D eigenvalue weighted by molar-refractivity contribution is 9.10. The van der Waals surface area contributed by atoms with Crippen molar-refractivity contribution in [3.8, 4) is 0 Å². The van der Waals surface area contributed by atoms with Crippen LogP contribution in [0, 0.1) is 0 Å². The third-order valence-corrected chi connectivity index (χ3v) is 4.62. The molecule has 2 aromatic rings. The molecule has 3 N–H and O–H groups in total. The van der Waals surface area contributed by atoms with Gasteiger partial charge in [0.2, 0.25) is 0 Å². The number of nitrogens with two attached hydrogens (primary N) is 1. The minimum atomic E-state index is -0.139. The van der Waals surface area contributed by atoms with Crippen LogP contribution in [0.5, 0.6) is 0 Å². The van der Waals surface area contributed by atoms with Crippen LogP contribution in [0.2, 0.25) is 10.0 Å². The van der Waals surface area contributed by atoms with Crippen molar-refractivity contribution in [1.29, 1.82) is 0 Å². The van der Waals surface area contributed by atoms with E-state index in [9.17, 15) is 0 Å². The fourth-order valence-electron chi connectivity index (χ4n) is 1.58. The monoisotopic (exact) mass is 365 g/mol. The molecule has 0 amide bonds. The molecule has 18 heavy (non-hydrogen) atoms. The number of rotatable bonds is 4. The van der Waals surface area contributed by atoms with Gasteiger partial charge in [-0.15, -0.1) is 11.3 Å². The zero-order chi connectivity index (χ0) is 13.1. The quantitative estimate of drug-likeness (QED) is 0.636. The molecule has 2 rings (SSSR count). The van der Waals surface area contributed by atoms with Crippen LogP contribution in [0.25, 0.3) is 0 Å². The molecule has 0 bridgehead atoms. The SMILES string of the molecule is NNC(Cc1cc(Br)cs1)c1ncc(Cl)cc1Cl. The molecule has 0 radical (unpaired) electrons. The first-order valence-corrected chi connectivity index (χ1v) is 7.53. The Balaban J connectivity index is 2.22. The van der Waals surface area contributed by atoms with E-state index in [-0.39, 0.29) is 6.04 Å². The van der Waals surface area contributed by atoms with E-state index in [2.05, 4.69) is 32.4 Å². The summed E-state index contributed by atoms with van der Waals surface area (Å²) in [5.74, 6) is 5.58. The summed E-state index contributed by atoms with van der Waals surface area (Å²) in [5, 5.41) is 3.05. The lowest BCUT2D eigenvalue weighted by Crippen LogP contribution is -2.30. The van der Waals surface area contributed by atoms with Gasteiger partial charge in [-0.3, -0.25) is 16.3 Å². The molecule has 1 atom stereocenters. The van der Waals surface area contributed by atoms with Gasteiger partial charge in [-0.05, 0) is 28.1 Å². The predicted octanol–water partition coefficient (Wildman–Crippen LogP) is 3.96. The molecule has 3 nitrogen and oxygen atoms in total. The number of hydrogen-bond donors (Lipinski definition) is 2. The third kappa shape index (κ3) is 3.44. The molecule has 0 spiro atoms. The number of hydrogen-bond acceptors (Lipinski definition) is 4. The van der Waals surface area contributed by atoms with Gasteiger partial charge in [0.1, 0.15) is 0 Å². The Morgan fingerprint density at radius 2 is 2.22 bits per heavy atom. The fourth-order valence-corrected chi connectivity index (χ4v) is 3.59. The second-order valence-electron chi connectivity index (χ2n) is 3.68. The van der Waals surface area contributed by atoms with Crippen LogP contribution in [0.3, 0.4) is 0 Å². The number of nitrogens with one attached hydrogen (secondary N) is 1. The maximum atomic E-state index is 6.13. The number of thiophene rings is 1. The van der Waals surface area contributed by atoms with Gasteiger partial charge in [-0.1, -0.05) is 23.2 Å². The average Bonchev–Trinajstić information content (AvgIpc) is 2.72. The molecule has 0 aliphatic heterocycles. The Hall–Kier alpha value is -0.170. The fraction of sp³-hybridized carbons (Fsp3) is 0.182. The van der Waals surface area contributed by atoms with Crippen LogP contribution in [0.4, 0.5) is 0 Å². The molecule has 0 aromatic carbocycles.